The Morgan fingerprint density at radius 3 is 2.21 bits per heavy atom. The first kappa shape index (κ1) is 23.7. The van der Waals surface area contributed by atoms with Crippen LogP contribution in [0, 0.1) is 6.92 Å². The predicted molar refractivity (Wildman–Crippen MR) is 127 cm³/mol. The van der Waals surface area contributed by atoms with Gasteiger partial charge in [-0.3, -0.25) is 14.3 Å². The summed E-state index contributed by atoms with van der Waals surface area (Å²) in [6.45, 7) is 4.87. The third kappa shape index (κ3) is 6.30. The number of carbonyl (C=O) groups is 2. The fourth-order valence-electron chi connectivity index (χ4n) is 2.85. The maximum atomic E-state index is 12.7. The second-order valence-corrected chi connectivity index (χ2v) is 8.86. The van der Waals surface area contributed by atoms with Crippen LogP contribution in [0.4, 0.5) is 17.1 Å². The number of rotatable bonds is 8. The van der Waals surface area contributed by atoms with Crippen molar-refractivity contribution in [1.82, 2.24) is 5.16 Å². The number of amides is 2. The van der Waals surface area contributed by atoms with Gasteiger partial charge in [0.25, 0.3) is 10.0 Å². The molecule has 1 heterocycles. The first-order chi connectivity index (χ1) is 15.7. The van der Waals surface area contributed by atoms with E-state index in [1.807, 2.05) is 0 Å². The average Bonchev–Trinajstić information content (AvgIpc) is 3.12. The quantitative estimate of drug-likeness (QED) is 0.453. The third-order valence-corrected chi connectivity index (χ3v) is 5.95. The summed E-state index contributed by atoms with van der Waals surface area (Å²) in [5.41, 5.74) is 2.74. The molecule has 3 N–H and O–H groups in total. The van der Waals surface area contributed by atoms with E-state index in [-0.39, 0.29) is 16.7 Å². The standard InChI is InChI=1S/C23H24N4O5S/c1-4-22(29)25-23-15(2)26-32-21(23)14-7-17-5-12-20(13-6-17)33(30,31)27-19-10-8-18(9-11-19)24-16(3)28/h5-14,27H,4H2,1-3H3,(H,24,28)(H,25,29)/b14-7-. The molecule has 0 spiro atoms. The van der Waals surface area contributed by atoms with Crippen molar-refractivity contribution in [1.29, 1.82) is 0 Å². The smallest absolute Gasteiger partial charge is 0.261 e. The minimum atomic E-state index is -3.79. The molecule has 0 saturated heterocycles. The van der Waals surface area contributed by atoms with Gasteiger partial charge in [-0.2, -0.15) is 0 Å². The zero-order valence-electron chi connectivity index (χ0n) is 18.4. The summed E-state index contributed by atoms with van der Waals surface area (Å²) in [5, 5.41) is 9.25. The van der Waals surface area contributed by atoms with Gasteiger partial charge < -0.3 is 15.2 Å². The first-order valence-electron chi connectivity index (χ1n) is 10.1. The van der Waals surface area contributed by atoms with Crippen LogP contribution in [-0.2, 0) is 19.6 Å². The van der Waals surface area contributed by atoms with Crippen molar-refractivity contribution in [3.05, 3.63) is 65.5 Å². The Kier molecular flexibility index (Phi) is 7.29. The van der Waals surface area contributed by atoms with Crippen molar-refractivity contribution < 1.29 is 22.5 Å². The fraction of sp³-hybridized carbons (Fsp3) is 0.174. The number of hydrogen-bond acceptors (Lipinski definition) is 6. The molecule has 1 aromatic heterocycles. The Hall–Kier alpha value is -3.92. The molecular formula is C23H24N4O5S. The number of benzene rings is 2. The number of anilines is 3. The highest BCUT2D eigenvalue weighted by Gasteiger charge is 2.15. The molecule has 0 unspecified atom stereocenters. The van der Waals surface area contributed by atoms with Gasteiger partial charge in [0.1, 0.15) is 11.4 Å². The Labute approximate surface area is 191 Å². The van der Waals surface area contributed by atoms with E-state index in [0.29, 0.717) is 34.9 Å². The van der Waals surface area contributed by atoms with Gasteiger partial charge in [-0.05, 0) is 55.0 Å². The van der Waals surface area contributed by atoms with Gasteiger partial charge in [-0.1, -0.05) is 30.3 Å². The summed E-state index contributed by atoms with van der Waals surface area (Å²) < 4.78 is 33.1. The van der Waals surface area contributed by atoms with Gasteiger partial charge in [-0.15, -0.1) is 0 Å². The Morgan fingerprint density at radius 1 is 0.970 bits per heavy atom. The second kappa shape index (κ2) is 10.1. The Balaban J connectivity index is 1.71. The molecule has 172 valence electrons. The van der Waals surface area contributed by atoms with Crippen molar-refractivity contribution in [2.75, 3.05) is 15.4 Å². The van der Waals surface area contributed by atoms with Crippen molar-refractivity contribution in [3.8, 4) is 0 Å². The number of aromatic nitrogens is 1. The summed E-state index contributed by atoms with van der Waals surface area (Å²) in [4.78, 5) is 22.9. The highest BCUT2D eigenvalue weighted by atomic mass is 32.2. The molecule has 0 fully saturated rings. The molecule has 2 aromatic carbocycles. The van der Waals surface area contributed by atoms with Crippen LogP contribution in [0.1, 0.15) is 37.3 Å². The lowest BCUT2D eigenvalue weighted by Crippen LogP contribution is -2.13. The van der Waals surface area contributed by atoms with Crippen molar-refractivity contribution in [2.45, 2.75) is 32.1 Å². The summed E-state index contributed by atoms with van der Waals surface area (Å²) >= 11 is 0. The first-order valence-corrected chi connectivity index (χ1v) is 11.6. The van der Waals surface area contributed by atoms with E-state index >= 15 is 0 Å². The summed E-state index contributed by atoms with van der Waals surface area (Å²) in [6.07, 6.45) is 3.72. The third-order valence-electron chi connectivity index (χ3n) is 4.55. The maximum absolute atomic E-state index is 12.7. The maximum Gasteiger partial charge on any atom is 0.261 e. The lowest BCUT2D eigenvalue weighted by molar-refractivity contribution is -0.116. The van der Waals surface area contributed by atoms with Crippen molar-refractivity contribution in [2.24, 2.45) is 0 Å². The van der Waals surface area contributed by atoms with Crippen molar-refractivity contribution >= 4 is 51.1 Å². The van der Waals surface area contributed by atoms with Crippen LogP contribution in [0.2, 0.25) is 0 Å². The van der Waals surface area contributed by atoms with E-state index in [9.17, 15) is 18.0 Å². The predicted octanol–water partition coefficient (Wildman–Crippen LogP) is 4.26. The van der Waals surface area contributed by atoms with Crippen LogP contribution in [0.3, 0.4) is 0 Å². The number of nitrogens with zero attached hydrogens (tertiary/aromatic N) is 1. The Morgan fingerprint density at radius 2 is 1.61 bits per heavy atom. The van der Waals surface area contributed by atoms with Gasteiger partial charge >= 0.3 is 0 Å². The van der Waals surface area contributed by atoms with Crippen molar-refractivity contribution in [3.63, 3.8) is 0 Å². The number of aryl methyl sites for hydroxylation is 1. The van der Waals surface area contributed by atoms with E-state index in [4.69, 9.17) is 4.52 Å². The van der Waals surface area contributed by atoms with Gasteiger partial charge in [0.05, 0.1) is 4.90 Å². The molecule has 0 aliphatic rings. The van der Waals surface area contributed by atoms with E-state index in [1.54, 1.807) is 62.4 Å². The Bertz CT molecular complexity index is 1280. The van der Waals surface area contributed by atoms with Crippen LogP contribution < -0.4 is 15.4 Å². The average molecular weight is 469 g/mol. The molecule has 0 aliphatic carbocycles. The van der Waals surface area contributed by atoms with E-state index < -0.39 is 10.0 Å². The minimum Gasteiger partial charge on any atom is -0.354 e. The molecule has 0 aliphatic heterocycles. The largest absolute Gasteiger partial charge is 0.354 e. The molecular weight excluding hydrogens is 444 g/mol. The number of carbonyl (C=O) groups excluding carboxylic acids is 2. The van der Waals surface area contributed by atoms with Gasteiger partial charge in [0.15, 0.2) is 5.76 Å². The highest BCUT2D eigenvalue weighted by molar-refractivity contribution is 7.92. The molecule has 10 heteroatoms. The zero-order chi connectivity index (χ0) is 24.0. The summed E-state index contributed by atoms with van der Waals surface area (Å²) in [6, 6.07) is 12.6. The molecule has 0 radical (unpaired) electrons. The zero-order valence-corrected chi connectivity index (χ0v) is 19.2. The normalized spacial score (nSPS) is 11.4. The van der Waals surface area contributed by atoms with Gasteiger partial charge in [-0.25, -0.2) is 8.42 Å². The summed E-state index contributed by atoms with van der Waals surface area (Å²) in [5.74, 6) is 0.0380. The van der Waals surface area contributed by atoms with Gasteiger partial charge in [0, 0.05) is 24.7 Å². The fourth-order valence-corrected chi connectivity index (χ4v) is 3.91. The molecule has 2 amide bonds. The molecule has 3 aromatic rings. The molecule has 0 saturated carbocycles. The lowest BCUT2D eigenvalue weighted by Gasteiger charge is -2.09. The molecule has 0 bridgehead atoms. The van der Waals surface area contributed by atoms with E-state index in [0.717, 1.165) is 5.56 Å². The van der Waals surface area contributed by atoms with E-state index in [1.165, 1.54) is 19.1 Å². The van der Waals surface area contributed by atoms with Crippen LogP contribution in [0.5, 0.6) is 0 Å². The topological polar surface area (TPSA) is 130 Å². The van der Waals surface area contributed by atoms with Crippen LogP contribution in [0.15, 0.2) is 57.9 Å². The van der Waals surface area contributed by atoms with E-state index in [2.05, 4.69) is 20.5 Å². The number of nitrogens with one attached hydrogen (secondary N) is 3. The lowest BCUT2D eigenvalue weighted by atomic mass is 10.2. The number of sulfonamides is 1. The summed E-state index contributed by atoms with van der Waals surface area (Å²) in [7, 11) is -3.79. The molecule has 3 rings (SSSR count). The monoisotopic (exact) mass is 468 g/mol. The van der Waals surface area contributed by atoms with Crippen LogP contribution in [0.25, 0.3) is 12.2 Å². The van der Waals surface area contributed by atoms with Crippen LogP contribution in [-0.4, -0.2) is 25.4 Å². The van der Waals surface area contributed by atoms with Crippen LogP contribution >= 0.6 is 0 Å². The highest BCUT2D eigenvalue weighted by Crippen LogP contribution is 2.23. The van der Waals surface area contributed by atoms with Gasteiger partial charge in [0.2, 0.25) is 11.8 Å². The molecule has 33 heavy (non-hydrogen) atoms. The molecule has 0 atom stereocenters. The number of hydrogen-bond donors (Lipinski definition) is 3. The molecule has 9 nitrogen and oxygen atoms in total. The minimum absolute atomic E-state index is 0.0944. The SMILES string of the molecule is CCC(=O)Nc1c(C)noc1/C=C\c1ccc(S(=O)(=O)Nc2ccc(NC(C)=O)cc2)cc1. The second-order valence-electron chi connectivity index (χ2n) is 7.18.